The molecule has 0 bridgehead atoms. The normalized spacial score (nSPS) is 12.8. The standard InChI is InChI=1S/C10H14ClNO3S/c1-10(2,7-13)12-16(14,15)9-6-4-3-5-8(9)11/h3-6,12-13H,7H2,1-2H3. The van der Waals surface area contributed by atoms with Gasteiger partial charge < -0.3 is 5.11 Å². The monoisotopic (exact) mass is 263 g/mol. The van der Waals surface area contributed by atoms with Gasteiger partial charge in [-0.2, -0.15) is 0 Å². The molecule has 0 unspecified atom stereocenters. The van der Waals surface area contributed by atoms with Gasteiger partial charge in [-0.15, -0.1) is 0 Å². The highest BCUT2D eigenvalue weighted by molar-refractivity contribution is 7.89. The fraction of sp³-hybridized carbons (Fsp3) is 0.400. The van der Waals surface area contributed by atoms with E-state index in [1.54, 1.807) is 26.0 Å². The van der Waals surface area contributed by atoms with Crippen LogP contribution in [0.1, 0.15) is 13.8 Å². The maximum atomic E-state index is 11.9. The molecule has 0 aliphatic carbocycles. The molecule has 0 fully saturated rings. The third-order valence-corrected chi connectivity index (χ3v) is 4.13. The van der Waals surface area contributed by atoms with Gasteiger partial charge in [-0.25, -0.2) is 13.1 Å². The molecular weight excluding hydrogens is 250 g/mol. The number of hydrogen-bond acceptors (Lipinski definition) is 3. The first-order valence-corrected chi connectivity index (χ1v) is 6.54. The quantitative estimate of drug-likeness (QED) is 0.863. The average molecular weight is 264 g/mol. The smallest absolute Gasteiger partial charge is 0.242 e. The van der Waals surface area contributed by atoms with Crippen LogP contribution in [-0.4, -0.2) is 25.7 Å². The Balaban J connectivity index is 3.09. The maximum Gasteiger partial charge on any atom is 0.242 e. The first-order valence-electron chi connectivity index (χ1n) is 4.68. The number of aliphatic hydroxyl groups excluding tert-OH is 1. The Morgan fingerprint density at radius 1 is 1.38 bits per heavy atom. The van der Waals surface area contributed by atoms with Crippen LogP contribution in [0.15, 0.2) is 29.2 Å². The van der Waals surface area contributed by atoms with E-state index in [2.05, 4.69) is 4.72 Å². The fourth-order valence-electron chi connectivity index (χ4n) is 1.11. The molecule has 1 aromatic carbocycles. The number of halogens is 1. The Morgan fingerprint density at radius 3 is 2.44 bits per heavy atom. The van der Waals surface area contributed by atoms with E-state index in [1.165, 1.54) is 12.1 Å². The first kappa shape index (κ1) is 13.4. The fourth-order valence-corrected chi connectivity index (χ4v) is 3.04. The van der Waals surface area contributed by atoms with Gasteiger partial charge in [-0.05, 0) is 26.0 Å². The molecule has 16 heavy (non-hydrogen) atoms. The van der Waals surface area contributed by atoms with E-state index in [0.717, 1.165) is 0 Å². The third-order valence-electron chi connectivity index (χ3n) is 1.93. The first-order chi connectivity index (χ1) is 7.28. The molecule has 90 valence electrons. The molecule has 1 rings (SSSR count). The predicted octanol–water partition coefficient (Wildman–Crippen LogP) is 1.39. The van der Waals surface area contributed by atoms with Crippen LogP contribution in [0.3, 0.4) is 0 Å². The number of aliphatic hydroxyl groups is 1. The SMILES string of the molecule is CC(C)(CO)NS(=O)(=O)c1ccccc1Cl. The lowest BCUT2D eigenvalue weighted by Crippen LogP contribution is -2.46. The van der Waals surface area contributed by atoms with E-state index in [9.17, 15) is 8.42 Å². The Bertz CT molecular complexity index is 471. The Morgan fingerprint density at radius 2 is 1.94 bits per heavy atom. The second-order valence-corrected chi connectivity index (χ2v) is 6.14. The van der Waals surface area contributed by atoms with Crippen LogP contribution in [0.5, 0.6) is 0 Å². The van der Waals surface area contributed by atoms with Crippen LogP contribution in [0, 0.1) is 0 Å². The van der Waals surface area contributed by atoms with Gasteiger partial charge >= 0.3 is 0 Å². The molecule has 2 N–H and O–H groups in total. The van der Waals surface area contributed by atoms with Gasteiger partial charge in [0.2, 0.25) is 10.0 Å². The highest BCUT2D eigenvalue weighted by Crippen LogP contribution is 2.21. The predicted molar refractivity (Wildman–Crippen MR) is 62.9 cm³/mol. The molecule has 0 amide bonds. The van der Waals surface area contributed by atoms with Crippen LogP contribution in [0.2, 0.25) is 5.02 Å². The highest BCUT2D eigenvalue weighted by Gasteiger charge is 2.26. The van der Waals surface area contributed by atoms with Crippen molar-refractivity contribution in [2.75, 3.05) is 6.61 Å². The molecule has 1 aromatic rings. The molecule has 0 radical (unpaired) electrons. The van der Waals surface area contributed by atoms with Crippen LogP contribution in [0.25, 0.3) is 0 Å². The molecule has 6 heteroatoms. The van der Waals surface area contributed by atoms with Crippen molar-refractivity contribution in [3.05, 3.63) is 29.3 Å². The zero-order chi connectivity index (χ0) is 12.4. The Hall–Kier alpha value is -0.620. The molecule has 0 saturated heterocycles. The lowest BCUT2D eigenvalue weighted by molar-refractivity contribution is 0.208. The van der Waals surface area contributed by atoms with E-state index in [4.69, 9.17) is 16.7 Å². The number of hydrogen-bond donors (Lipinski definition) is 2. The number of rotatable bonds is 4. The van der Waals surface area contributed by atoms with Gasteiger partial charge in [0.05, 0.1) is 17.2 Å². The van der Waals surface area contributed by atoms with Crippen LogP contribution < -0.4 is 4.72 Å². The van der Waals surface area contributed by atoms with E-state index in [-0.39, 0.29) is 16.5 Å². The van der Waals surface area contributed by atoms with Crippen molar-refractivity contribution >= 4 is 21.6 Å². The summed E-state index contributed by atoms with van der Waals surface area (Å²) < 4.78 is 26.2. The lowest BCUT2D eigenvalue weighted by Gasteiger charge is -2.23. The summed E-state index contributed by atoms with van der Waals surface area (Å²) >= 11 is 5.80. The van der Waals surface area contributed by atoms with E-state index >= 15 is 0 Å². The molecular formula is C10H14ClNO3S. The summed E-state index contributed by atoms with van der Waals surface area (Å²) in [4.78, 5) is 0.0122. The number of sulfonamides is 1. The summed E-state index contributed by atoms with van der Waals surface area (Å²) in [7, 11) is -3.70. The van der Waals surface area contributed by atoms with Crippen molar-refractivity contribution < 1.29 is 13.5 Å². The topological polar surface area (TPSA) is 66.4 Å². The summed E-state index contributed by atoms with van der Waals surface area (Å²) in [6.45, 7) is 2.87. The lowest BCUT2D eigenvalue weighted by atomic mass is 10.1. The Kier molecular flexibility index (Phi) is 3.96. The minimum absolute atomic E-state index is 0.0122. The average Bonchev–Trinajstić information content (AvgIpc) is 2.16. The van der Waals surface area contributed by atoms with E-state index in [0.29, 0.717) is 0 Å². The van der Waals surface area contributed by atoms with Gasteiger partial charge in [-0.3, -0.25) is 0 Å². The van der Waals surface area contributed by atoms with Crippen molar-refractivity contribution in [2.24, 2.45) is 0 Å². The zero-order valence-corrected chi connectivity index (χ0v) is 10.6. The van der Waals surface area contributed by atoms with Crippen LogP contribution in [-0.2, 0) is 10.0 Å². The number of benzene rings is 1. The maximum absolute atomic E-state index is 11.9. The van der Waals surface area contributed by atoms with Crippen molar-refractivity contribution in [3.63, 3.8) is 0 Å². The molecule has 0 heterocycles. The van der Waals surface area contributed by atoms with Crippen molar-refractivity contribution in [2.45, 2.75) is 24.3 Å². The van der Waals surface area contributed by atoms with Gasteiger partial charge in [0.1, 0.15) is 4.90 Å². The van der Waals surface area contributed by atoms with Gasteiger partial charge in [0, 0.05) is 0 Å². The van der Waals surface area contributed by atoms with Gasteiger partial charge in [0.25, 0.3) is 0 Å². The minimum atomic E-state index is -3.70. The minimum Gasteiger partial charge on any atom is -0.394 e. The summed E-state index contributed by atoms with van der Waals surface area (Å²) in [6, 6.07) is 6.16. The van der Waals surface area contributed by atoms with Crippen LogP contribution in [0.4, 0.5) is 0 Å². The van der Waals surface area contributed by atoms with Crippen molar-refractivity contribution in [1.29, 1.82) is 0 Å². The van der Waals surface area contributed by atoms with Gasteiger partial charge in [-0.1, -0.05) is 23.7 Å². The highest BCUT2D eigenvalue weighted by atomic mass is 35.5. The summed E-state index contributed by atoms with van der Waals surface area (Å²) in [5.41, 5.74) is -0.919. The summed E-state index contributed by atoms with van der Waals surface area (Å²) in [6.07, 6.45) is 0. The summed E-state index contributed by atoms with van der Waals surface area (Å²) in [5.74, 6) is 0. The second-order valence-electron chi connectivity index (χ2n) is 4.08. The zero-order valence-electron chi connectivity index (χ0n) is 9.07. The number of nitrogens with one attached hydrogen (secondary N) is 1. The molecule has 0 saturated carbocycles. The molecule has 0 atom stereocenters. The second kappa shape index (κ2) is 4.71. The van der Waals surface area contributed by atoms with Crippen molar-refractivity contribution in [1.82, 2.24) is 4.72 Å². The van der Waals surface area contributed by atoms with Gasteiger partial charge in [0.15, 0.2) is 0 Å². The molecule has 0 aromatic heterocycles. The largest absolute Gasteiger partial charge is 0.394 e. The van der Waals surface area contributed by atoms with Crippen molar-refractivity contribution in [3.8, 4) is 0 Å². The van der Waals surface area contributed by atoms with E-state index in [1.807, 2.05) is 0 Å². The third kappa shape index (κ3) is 3.18. The molecule has 4 nitrogen and oxygen atoms in total. The van der Waals surface area contributed by atoms with E-state index < -0.39 is 15.6 Å². The summed E-state index contributed by atoms with van der Waals surface area (Å²) in [5, 5.41) is 9.17. The molecule has 0 aliphatic heterocycles. The molecule has 0 aliphatic rings. The molecule has 0 spiro atoms. The Labute approximate surface area is 100 Å². The van der Waals surface area contributed by atoms with Crippen LogP contribution >= 0.6 is 11.6 Å².